The maximum atomic E-state index is 11.9. The van der Waals surface area contributed by atoms with Crippen LogP contribution in [0.15, 0.2) is 10.9 Å². The van der Waals surface area contributed by atoms with E-state index in [4.69, 9.17) is 5.11 Å². The molecule has 0 aliphatic rings. The van der Waals surface area contributed by atoms with E-state index in [1.807, 2.05) is 19.9 Å². The van der Waals surface area contributed by atoms with E-state index < -0.39 is 5.97 Å². The summed E-state index contributed by atoms with van der Waals surface area (Å²) in [5.74, 6) is -0.971. The second kappa shape index (κ2) is 4.29. The minimum absolute atomic E-state index is 0.183. The minimum atomic E-state index is -0.971. The summed E-state index contributed by atoms with van der Waals surface area (Å²) in [6.45, 7) is 6.06. The first-order chi connectivity index (χ1) is 6.97. The molecular weight excluding hydrogens is 194 g/mol. The lowest BCUT2D eigenvalue weighted by molar-refractivity contribution is -0.136. The van der Waals surface area contributed by atoms with E-state index in [2.05, 4.69) is 0 Å². The first kappa shape index (κ1) is 11.5. The number of carboxylic acid groups (broad SMARTS) is 1. The number of rotatable bonds is 3. The molecule has 4 nitrogen and oxygen atoms in total. The highest BCUT2D eigenvalue weighted by atomic mass is 16.4. The first-order valence-corrected chi connectivity index (χ1v) is 4.89. The molecule has 1 heterocycles. The SMILES string of the molecule is CCn1c(C)cc(C)c(CC(=O)O)c1=O. The van der Waals surface area contributed by atoms with Crippen LogP contribution in [0.25, 0.3) is 0 Å². The molecule has 0 unspecified atom stereocenters. The van der Waals surface area contributed by atoms with Gasteiger partial charge in [-0.3, -0.25) is 9.59 Å². The summed E-state index contributed by atoms with van der Waals surface area (Å²) < 4.78 is 1.59. The second-order valence-electron chi connectivity index (χ2n) is 3.57. The van der Waals surface area contributed by atoms with Gasteiger partial charge in [-0.1, -0.05) is 0 Å². The summed E-state index contributed by atoms with van der Waals surface area (Å²) in [6.07, 6.45) is -0.203. The summed E-state index contributed by atoms with van der Waals surface area (Å²) in [5, 5.41) is 8.70. The van der Waals surface area contributed by atoms with Crippen LogP contribution in [0.1, 0.15) is 23.7 Å². The van der Waals surface area contributed by atoms with Crippen LogP contribution >= 0.6 is 0 Å². The van der Waals surface area contributed by atoms with Crippen molar-refractivity contribution in [2.45, 2.75) is 33.7 Å². The van der Waals surface area contributed by atoms with Crippen LogP contribution in [0, 0.1) is 13.8 Å². The summed E-state index contributed by atoms with van der Waals surface area (Å²) in [6, 6.07) is 1.85. The van der Waals surface area contributed by atoms with Gasteiger partial charge in [0.05, 0.1) is 6.42 Å². The standard InChI is InChI=1S/C11H15NO3/c1-4-12-8(3)5-7(2)9(11(12)15)6-10(13)14/h5H,4,6H2,1-3H3,(H,13,14). The predicted molar refractivity (Wildman–Crippen MR) is 57.2 cm³/mol. The Morgan fingerprint density at radius 1 is 1.47 bits per heavy atom. The van der Waals surface area contributed by atoms with Crippen LogP contribution < -0.4 is 5.56 Å². The predicted octanol–water partition coefficient (Wildman–Crippen LogP) is 1.11. The van der Waals surface area contributed by atoms with Crippen molar-refractivity contribution in [1.82, 2.24) is 4.57 Å². The van der Waals surface area contributed by atoms with Gasteiger partial charge >= 0.3 is 5.97 Å². The molecule has 82 valence electrons. The van der Waals surface area contributed by atoms with Crippen molar-refractivity contribution in [2.24, 2.45) is 0 Å². The van der Waals surface area contributed by atoms with Gasteiger partial charge < -0.3 is 9.67 Å². The van der Waals surface area contributed by atoms with E-state index >= 15 is 0 Å². The molecule has 0 bridgehead atoms. The van der Waals surface area contributed by atoms with Crippen LogP contribution in [-0.4, -0.2) is 15.6 Å². The van der Waals surface area contributed by atoms with E-state index in [9.17, 15) is 9.59 Å². The molecule has 1 rings (SSSR count). The van der Waals surface area contributed by atoms with E-state index in [0.29, 0.717) is 12.1 Å². The summed E-state index contributed by atoms with van der Waals surface area (Å²) in [4.78, 5) is 22.5. The van der Waals surface area contributed by atoms with Gasteiger partial charge in [0.1, 0.15) is 0 Å². The molecule has 0 fully saturated rings. The Bertz CT molecular complexity index is 446. The number of carboxylic acids is 1. The third-order valence-electron chi connectivity index (χ3n) is 2.47. The number of carbonyl (C=O) groups is 1. The number of hydrogen-bond donors (Lipinski definition) is 1. The van der Waals surface area contributed by atoms with Gasteiger partial charge in [0.15, 0.2) is 0 Å². The lowest BCUT2D eigenvalue weighted by Crippen LogP contribution is -2.27. The monoisotopic (exact) mass is 209 g/mol. The number of nitrogens with zero attached hydrogens (tertiary/aromatic N) is 1. The molecule has 4 heteroatoms. The Kier molecular flexibility index (Phi) is 3.29. The Hall–Kier alpha value is -1.58. The quantitative estimate of drug-likeness (QED) is 0.811. The van der Waals surface area contributed by atoms with Gasteiger partial charge in [0.25, 0.3) is 5.56 Å². The van der Waals surface area contributed by atoms with Gasteiger partial charge in [-0.05, 0) is 32.4 Å². The molecule has 0 saturated carbocycles. The molecule has 0 atom stereocenters. The third-order valence-corrected chi connectivity index (χ3v) is 2.47. The molecular formula is C11H15NO3. The molecule has 0 saturated heterocycles. The average Bonchev–Trinajstić information content (AvgIpc) is 2.12. The maximum absolute atomic E-state index is 11.9. The highest BCUT2D eigenvalue weighted by molar-refractivity contribution is 5.70. The Balaban J connectivity index is 3.39. The largest absolute Gasteiger partial charge is 0.481 e. The zero-order valence-electron chi connectivity index (χ0n) is 9.20. The molecule has 0 spiro atoms. The number of aryl methyl sites for hydroxylation is 2. The minimum Gasteiger partial charge on any atom is -0.481 e. The van der Waals surface area contributed by atoms with Crippen molar-refractivity contribution < 1.29 is 9.90 Å². The van der Waals surface area contributed by atoms with Gasteiger partial charge in [0, 0.05) is 17.8 Å². The molecule has 0 aliphatic heterocycles. The zero-order valence-corrected chi connectivity index (χ0v) is 9.20. The van der Waals surface area contributed by atoms with Gasteiger partial charge in [-0.25, -0.2) is 0 Å². The zero-order chi connectivity index (χ0) is 11.6. The van der Waals surface area contributed by atoms with Gasteiger partial charge in [-0.2, -0.15) is 0 Å². The van der Waals surface area contributed by atoms with Gasteiger partial charge in [0.2, 0.25) is 0 Å². The van der Waals surface area contributed by atoms with E-state index in [1.54, 1.807) is 11.5 Å². The summed E-state index contributed by atoms with van der Waals surface area (Å²) in [7, 11) is 0. The Morgan fingerprint density at radius 3 is 2.53 bits per heavy atom. The van der Waals surface area contributed by atoms with Crippen LogP contribution in [0.2, 0.25) is 0 Å². The fourth-order valence-corrected chi connectivity index (χ4v) is 1.73. The van der Waals surface area contributed by atoms with Crippen molar-refractivity contribution in [2.75, 3.05) is 0 Å². The van der Waals surface area contributed by atoms with Crippen molar-refractivity contribution >= 4 is 5.97 Å². The van der Waals surface area contributed by atoms with Crippen molar-refractivity contribution in [3.05, 3.63) is 33.2 Å². The van der Waals surface area contributed by atoms with Crippen molar-refractivity contribution in [1.29, 1.82) is 0 Å². The van der Waals surface area contributed by atoms with E-state index in [-0.39, 0.29) is 12.0 Å². The highest BCUT2D eigenvalue weighted by Gasteiger charge is 2.12. The molecule has 1 N–H and O–H groups in total. The fraction of sp³-hybridized carbons (Fsp3) is 0.455. The average molecular weight is 209 g/mol. The lowest BCUT2D eigenvalue weighted by Gasteiger charge is -2.11. The Labute approximate surface area is 88.2 Å². The number of aromatic nitrogens is 1. The Morgan fingerprint density at radius 2 is 2.07 bits per heavy atom. The van der Waals surface area contributed by atoms with Crippen LogP contribution in [0.3, 0.4) is 0 Å². The van der Waals surface area contributed by atoms with Crippen molar-refractivity contribution in [3.8, 4) is 0 Å². The molecule has 0 amide bonds. The van der Waals surface area contributed by atoms with Crippen LogP contribution in [-0.2, 0) is 17.8 Å². The lowest BCUT2D eigenvalue weighted by atomic mass is 10.1. The molecule has 0 radical (unpaired) electrons. The van der Waals surface area contributed by atoms with Crippen LogP contribution in [0.5, 0.6) is 0 Å². The smallest absolute Gasteiger partial charge is 0.308 e. The highest BCUT2D eigenvalue weighted by Crippen LogP contribution is 2.07. The summed E-state index contributed by atoms with van der Waals surface area (Å²) in [5.41, 5.74) is 1.83. The second-order valence-corrected chi connectivity index (χ2v) is 3.57. The normalized spacial score (nSPS) is 10.3. The topological polar surface area (TPSA) is 59.3 Å². The first-order valence-electron chi connectivity index (χ1n) is 4.89. The van der Waals surface area contributed by atoms with Crippen LogP contribution in [0.4, 0.5) is 0 Å². The molecule has 15 heavy (non-hydrogen) atoms. The summed E-state index contributed by atoms with van der Waals surface area (Å²) >= 11 is 0. The van der Waals surface area contributed by atoms with Gasteiger partial charge in [-0.15, -0.1) is 0 Å². The number of hydrogen-bond acceptors (Lipinski definition) is 2. The maximum Gasteiger partial charge on any atom is 0.308 e. The van der Waals surface area contributed by atoms with E-state index in [1.165, 1.54) is 0 Å². The third kappa shape index (κ3) is 2.26. The molecule has 1 aromatic rings. The molecule has 1 aromatic heterocycles. The van der Waals surface area contributed by atoms with E-state index in [0.717, 1.165) is 11.3 Å². The number of aliphatic carboxylic acids is 1. The van der Waals surface area contributed by atoms with Crippen molar-refractivity contribution in [3.63, 3.8) is 0 Å². The fourth-order valence-electron chi connectivity index (χ4n) is 1.73. The molecule has 0 aromatic carbocycles. The molecule has 0 aliphatic carbocycles. The number of pyridine rings is 1.